The quantitative estimate of drug-likeness (QED) is 0.0700. The van der Waals surface area contributed by atoms with E-state index in [4.69, 9.17) is 52.1 Å². The van der Waals surface area contributed by atoms with E-state index in [1.807, 2.05) is 86.6 Å². The summed E-state index contributed by atoms with van der Waals surface area (Å²) < 4.78 is 26.7. The van der Waals surface area contributed by atoms with Crippen molar-refractivity contribution in [2.24, 2.45) is 0 Å². The van der Waals surface area contributed by atoms with Gasteiger partial charge < -0.3 is 18.9 Å². The summed E-state index contributed by atoms with van der Waals surface area (Å²) in [6.45, 7) is 4.06. The molecular formula is C41H36Cl2N8O4S2+2. The summed E-state index contributed by atoms with van der Waals surface area (Å²) >= 11 is 15.6. The second-order valence-electron chi connectivity index (χ2n) is 12.8. The molecule has 8 rings (SSSR count). The first-order chi connectivity index (χ1) is 27.7. The van der Waals surface area contributed by atoms with Gasteiger partial charge in [-0.25, -0.2) is 0 Å². The number of benzene rings is 4. The van der Waals surface area contributed by atoms with Gasteiger partial charge in [-0.3, -0.25) is 0 Å². The molecule has 0 radical (unpaired) electrons. The Morgan fingerprint density at radius 2 is 0.912 bits per heavy atom. The number of nitrogens with zero attached hydrogens (tertiary/aromatic N) is 6. The fourth-order valence-electron chi connectivity index (χ4n) is 6.88. The number of hydrogen-bond donors (Lipinski definition) is 2. The Hall–Kier alpha value is -5.54. The van der Waals surface area contributed by atoms with Crippen LogP contribution in [0.1, 0.15) is 11.4 Å². The number of hydrogen-bond acceptors (Lipinski definition) is 10. The lowest BCUT2D eigenvalue weighted by molar-refractivity contribution is -0.597. The van der Waals surface area contributed by atoms with E-state index in [0.717, 1.165) is 55.4 Å². The van der Waals surface area contributed by atoms with Gasteiger partial charge in [0.15, 0.2) is 23.0 Å². The fourth-order valence-corrected chi connectivity index (χ4v) is 8.74. The first-order valence-electron chi connectivity index (χ1n) is 17.6. The van der Waals surface area contributed by atoms with Crippen molar-refractivity contribution >= 4 is 68.3 Å². The average molecular weight is 840 g/mol. The molecule has 0 aliphatic rings. The van der Waals surface area contributed by atoms with Crippen molar-refractivity contribution in [2.75, 3.05) is 33.5 Å². The predicted molar refractivity (Wildman–Crippen MR) is 224 cm³/mol. The average Bonchev–Trinajstić information content (AvgIpc) is 3.89. The fraction of sp³-hybridized carbons (Fsp3) is 0.171. The molecule has 57 heavy (non-hydrogen) atoms. The van der Waals surface area contributed by atoms with Crippen molar-refractivity contribution < 1.29 is 28.1 Å². The summed E-state index contributed by atoms with van der Waals surface area (Å²) in [6.07, 6.45) is 0. The molecule has 4 aromatic heterocycles. The maximum absolute atomic E-state index is 6.30. The van der Waals surface area contributed by atoms with Crippen LogP contribution in [-0.2, 0) is 0 Å². The largest absolute Gasteiger partial charge is 0.493 e. The lowest BCUT2D eigenvalue weighted by Gasteiger charge is -2.15. The number of H-pyrrole nitrogens is 2. The normalized spacial score (nSPS) is 11.4. The van der Waals surface area contributed by atoms with Gasteiger partial charge in [0.25, 0.3) is 10.3 Å². The van der Waals surface area contributed by atoms with E-state index < -0.39 is 0 Å². The van der Waals surface area contributed by atoms with E-state index in [9.17, 15) is 0 Å². The molecule has 2 N–H and O–H groups in total. The number of pyridine rings is 2. The number of halogens is 2. The van der Waals surface area contributed by atoms with E-state index in [2.05, 4.69) is 41.7 Å². The molecule has 0 bridgehead atoms. The summed E-state index contributed by atoms with van der Waals surface area (Å²) in [5.41, 5.74) is 5.56. The molecule has 0 saturated heterocycles. The molecule has 16 heteroatoms. The molecule has 4 aromatic carbocycles. The van der Waals surface area contributed by atoms with Crippen LogP contribution in [0, 0.1) is 13.8 Å². The summed E-state index contributed by atoms with van der Waals surface area (Å²) in [5, 5.41) is 22.3. The molecule has 0 fully saturated rings. The minimum Gasteiger partial charge on any atom is -0.493 e. The SMILES string of the molecule is COc1cc2cc(C)[n+](-c3nc(SCSc4n[nH]c(-[n+]5c(C)cc6cc(OC)c(OC)cc6c5-c5ccc(Cl)cc5)n4)n[nH]3)c(-c3ccc(Cl)cc3)c2cc1OC. The van der Waals surface area contributed by atoms with Gasteiger partial charge in [-0.2, -0.15) is 9.13 Å². The first-order valence-corrected chi connectivity index (χ1v) is 20.3. The van der Waals surface area contributed by atoms with Gasteiger partial charge in [0.2, 0.25) is 0 Å². The number of aromatic nitrogens is 8. The van der Waals surface area contributed by atoms with Gasteiger partial charge in [-0.05, 0) is 120 Å². The van der Waals surface area contributed by atoms with Gasteiger partial charge in [-0.15, -0.1) is 10.2 Å². The van der Waals surface area contributed by atoms with Crippen LogP contribution in [0.15, 0.2) is 95.2 Å². The maximum Gasteiger partial charge on any atom is 0.423 e. The summed E-state index contributed by atoms with van der Waals surface area (Å²) in [6, 6.07) is 27.5. The minimum absolute atomic E-state index is 0.555. The predicted octanol–water partition coefficient (Wildman–Crippen LogP) is 8.92. The number of fused-ring (bicyclic) bond motifs is 2. The third kappa shape index (κ3) is 7.41. The monoisotopic (exact) mass is 838 g/mol. The lowest BCUT2D eigenvalue weighted by Crippen LogP contribution is -2.38. The Balaban J connectivity index is 1.09. The minimum atomic E-state index is 0.555. The molecule has 0 amide bonds. The molecule has 0 aliphatic carbocycles. The van der Waals surface area contributed by atoms with Crippen LogP contribution in [0.25, 0.3) is 56.0 Å². The standard InChI is InChI=1S/C41H36Cl2N8O4S2/c1-22-15-26-17-32(52-3)34(54-5)19-30(26)36(24-7-11-28(42)12-8-24)50(22)38-44-40(48-46-38)56-21-57-41-45-39(47-49-41)51-23(2)16-27-18-33(53-4)35(55-6)20-31(27)37(51)25-9-13-29(43)14-10-25/h7-20H,21H2,1-6H3,(H,44,46,48)(H,45,47,49)/q+2. The number of nitrogens with one attached hydrogen (secondary N) is 2. The van der Waals surface area contributed by atoms with Crippen molar-refractivity contribution in [2.45, 2.75) is 24.2 Å². The van der Waals surface area contributed by atoms with E-state index in [-0.39, 0.29) is 0 Å². The Labute approximate surface area is 346 Å². The molecule has 8 aromatic rings. The highest BCUT2D eigenvalue weighted by Crippen LogP contribution is 2.39. The zero-order valence-electron chi connectivity index (χ0n) is 31.7. The van der Waals surface area contributed by atoms with Crippen LogP contribution in [0.5, 0.6) is 23.0 Å². The Morgan fingerprint density at radius 3 is 1.28 bits per heavy atom. The molecule has 4 heterocycles. The van der Waals surface area contributed by atoms with Crippen molar-refractivity contribution in [1.82, 2.24) is 30.4 Å². The van der Waals surface area contributed by atoms with Crippen LogP contribution in [-0.4, -0.2) is 63.9 Å². The van der Waals surface area contributed by atoms with Crippen LogP contribution >= 0.6 is 46.7 Å². The zero-order chi connectivity index (χ0) is 39.8. The highest BCUT2D eigenvalue weighted by Gasteiger charge is 2.27. The smallest absolute Gasteiger partial charge is 0.423 e. The molecule has 0 saturated carbocycles. The number of aryl methyl sites for hydroxylation is 2. The lowest BCUT2D eigenvalue weighted by atomic mass is 10.0. The van der Waals surface area contributed by atoms with E-state index >= 15 is 0 Å². The topological polar surface area (TPSA) is 128 Å². The van der Waals surface area contributed by atoms with Gasteiger partial charge in [0.05, 0.1) is 44.9 Å². The molecule has 0 spiro atoms. The Kier molecular flexibility index (Phi) is 10.9. The molecule has 0 atom stereocenters. The highest BCUT2D eigenvalue weighted by molar-refractivity contribution is 8.15. The number of ether oxygens (including phenoxy) is 4. The maximum atomic E-state index is 6.30. The van der Waals surface area contributed by atoms with Crippen molar-refractivity contribution in [3.8, 4) is 57.4 Å². The summed E-state index contributed by atoms with van der Waals surface area (Å²) in [4.78, 5) is 9.83. The summed E-state index contributed by atoms with van der Waals surface area (Å²) in [7, 11) is 6.52. The second-order valence-corrected chi connectivity index (χ2v) is 16.0. The van der Waals surface area contributed by atoms with Gasteiger partial charge in [0, 0.05) is 31.9 Å². The van der Waals surface area contributed by atoms with Crippen LogP contribution in [0.3, 0.4) is 0 Å². The van der Waals surface area contributed by atoms with E-state index in [0.29, 0.717) is 60.3 Å². The van der Waals surface area contributed by atoms with Crippen LogP contribution < -0.4 is 28.1 Å². The first kappa shape index (κ1) is 38.3. The molecule has 12 nitrogen and oxygen atoms in total. The van der Waals surface area contributed by atoms with E-state index in [1.165, 1.54) is 23.5 Å². The highest BCUT2D eigenvalue weighted by atomic mass is 35.5. The van der Waals surface area contributed by atoms with Crippen molar-refractivity contribution in [3.63, 3.8) is 0 Å². The molecule has 0 aliphatic heterocycles. The number of aromatic amines is 2. The number of thioether (sulfide) groups is 2. The van der Waals surface area contributed by atoms with Gasteiger partial charge in [-0.1, -0.05) is 56.9 Å². The van der Waals surface area contributed by atoms with E-state index in [1.54, 1.807) is 28.4 Å². The second kappa shape index (κ2) is 16.1. The van der Waals surface area contributed by atoms with Crippen LogP contribution in [0.4, 0.5) is 0 Å². The van der Waals surface area contributed by atoms with Crippen LogP contribution in [0.2, 0.25) is 10.0 Å². The molecule has 0 unspecified atom stereocenters. The number of methoxy groups -OCH3 is 4. The molecular weight excluding hydrogens is 804 g/mol. The zero-order valence-corrected chi connectivity index (χ0v) is 34.8. The molecule has 288 valence electrons. The van der Waals surface area contributed by atoms with Gasteiger partial charge >= 0.3 is 11.9 Å². The van der Waals surface area contributed by atoms with Crippen molar-refractivity contribution in [3.05, 3.63) is 106 Å². The number of rotatable bonds is 12. The summed E-state index contributed by atoms with van der Waals surface area (Å²) in [5.74, 6) is 3.66. The Bertz CT molecular complexity index is 2590. The third-order valence-electron chi connectivity index (χ3n) is 9.44. The third-order valence-corrected chi connectivity index (χ3v) is 11.8. The Morgan fingerprint density at radius 1 is 0.544 bits per heavy atom. The van der Waals surface area contributed by atoms with Crippen molar-refractivity contribution in [1.29, 1.82) is 0 Å². The van der Waals surface area contributed by atoms with Gasteiger partial charge in [0.1, 0.15) is 11.4 Å².